The van der Waals surface area contributed by atoms with Crippen LogP contribution in [0.3, 0.4) is 0 Å². The number of methoxy groups -OCH3 is 1. The minimum Gasteiger partial charge on any atom is -0.469 e. The standard InChI is InChI=1S/C20H38N2O4/c1-21-19(24)20(25)22-17-15-13-11-9-7-5-3-4-6-8-10-12-14-16-18(23)26-2/h7,9,20,22,25H,3-6,8,10-17H2,1-2H3,(H,21,24)/b9-7-. The number of hydrogen-bond acceptors (Lipinski definition) is 5. The Morgan fingerprint density at radius 1 is 0.923 bits per heavy atom. The van der Waals surface area contributed by atoms with Crippen LogP contribution in [-0.4, -0.2) is 43.9 Å². The molecule has 152 valence electrons. The summed E-state index contributed by atoms with van der Waals surface area (Å²) in [5, 5.41) is 14.6. The molecule has 3 N–H and O–H groups in total. The van der Waals surface area contributed by atoms with E-state index in [4.69, 9.17) is 0 Å². The van der Waals surface area contributed by atoms with Gasteiger partial charge in [0.15, 0.2) is 6.23 Å². The molecule has 0 aromatic rings. The van der Waals surface area contributed by atoms with Gasteiger partial charge in [0.2, 0.25) is 0 Å². The van der Waals surface area contributed by atoms with Crippen molar-refractivity contribution in [1.82, 2.24) is 10.6 Å². The lowest BCUT2D eigenvalue weighted by Crippen LogP contribution is -2.42. The number of carbonyl (C=O) groups is 2. The van der Waals surface area contributed by atoms with E-state index in [1.165, 1.54) is 46.3 Å². The number of ether oxygens (including phenoxy) is 1. The average Bonchev–Trinajstić information content (AvgIpc) is 2.66. The Labute approximate surface area is 158 Å². The highest BCUT2D eigenvalue weighted by Crippen LogP contribution is 2.10. The molecule has 1 unspecified atom stereocenters. The third-order valence-electron chi connectivity index (χ3n) is 4.28. The van der Waals surface area contributed by atoms with Gasteiger partial charge < -0.3 is 15.2 Å². The van der Waals surface area contributed by atoms with Gasteiger partial charge in [0.25, 0.3) is 5.91 Å². The van der Waals surface area contributed by atoms with Gasteiger partial charge in [-0.15, -0.1) is 0 Å². The molecule has 0 aliphatic carbocycles. The van der Waals surface area contributed by atoms with Crippen LogP contribution in [0.4, 0.5) is 0 Å². The number of allylic oxidation sites excluding steroid dienone is 2. The second kappa shape index (κ2) is 18.4. The van der Waals surface area contributed by atoms with Crippen molar-refractivity contribution in [2.24, 2.45) is 0 Å². The van der Waals surface area contributed by atoms with Crippen LogP contribution in [0.2, 0.25) is 0 Å². The van der Waals surface area contributed by atoms with Crippen LogP contribution in [0.5, 0.6) is 0 Å². The average molecular weight is 371 g/mol. The van der Waals surface area contributed by atoms with E-state index in [1.54, 1.807) is 0 Å². The van der Waals surface area contributed by atoms with Crippen molar-refractivity contribution in [3.8, 4) is 0 Å². The number of aliphatic hydroxyl groups is 1. The van der Waals surface area contributed by atoms with Crippen molar-refractivity contribution in [3.05, 3.63) is 12.2 Å². The predicted molar refractivity (Wildman–Crippen MR) is 105 cm³/mol. The number of unbranched alkanes of at least 4 members (excludes halogenated alkanes) is 9. The second-order valence-electron chi connectivity index (χ2n) is 6.53. The lowest BCUT2D eigenvalue weighted by Gasteiger charge is -2.10. The molecule has 0 fully saturated rings. The molecule has 6 heteroatoms. The molecule has 6 nitrogen and oxygen atoms in total. The Kier molecular flexibility index (Phi) is 17.4. The van der Waals surface area contributed by atoms with E-state index < -0.39 is 12.1 Å². The summed E-state index contributed by atoms with van der Waals surface area (Å²) in [6.07, 6.45) is 16.4. The number of amides is 1. The first-order valence-corrected chi connectivity index (χ1v) is 9.96. The largest absolute Gasteiger partial charge is 0.469 e. The van der Waals surface area contributed by atoms with E-state index in [0.717, 1.165) is 38.5 Å². The van der Waals surface area contributed by atoms with Gasteiger partial charge in [-0.2, -0.15) is 0 Å². The summed E-state index contributed by atoms with van der Waals surface area (Å²) in [4.78, 5) is 22.0. The number of carbonyl (C=O) groups excluding carboxylic acids is 2. The minimum absolute atomic E-state index is 0.102. The first kappa shape index (κ1) is 24.6. The molecule has 0 spiro atoms. The monoisotopic (exact) mass is 370 g/mol. The summed E-state index contributed by atoms with van der Waals surface area (Å²) in [7, 11) is 2.95. The highest BCUT2D eigenvalue weighted by Gasteiger charge is 2.10. The van der Waals surface area contributed by atoms with E-state index in [1.807, 2.05) is 0 Å². The maximum Gasteiger partial charge on any atom is 0.305 e. The summed E-state index contributed by atoms with van der Waals surface area (Å²) in [5.41, 5.74) is 0. The molecule has 1 amide bonds. The van der Waals surface area contributed by atoms with E-state index >= 15 is 0 Å². The summed E-state index contributed by atoms with van der Waals surface area (Å²) in [5.74, 6) is -0.499. The Bertz CT molecular complexity index is 386. The third-order valence-corrected chi connectivity index (χ3v) is 4.28. The molecular formula is C20H38N2O4. The molecule has 1 atom stereocenters. The number of esters is 1. The van der Waals surface area contributed by atoms with Crippen molar-refractivity contribution < 1.29 is 19.4 Å². The van der Waals surface area contributed by atoms with Gasteiger partial charge in [0.05, 0.1) is 7.11 Å². The predicted octanol–water partition coefficient (Wildman–Crippen LogP) is 3.05. The smallest absolute Gasteiger partial charge is 0.305 e. The van der Waals surface area contributed by atoms with Crippen LogP contribution in [0, 0.1) is 0 Å². The molecule has 0 heterocycles. The zero-order chi connectivity index (χ0) is 19.5. The number of aliphatic hydroxyl groups excluding tert-OH is 1. The van der Waals surface area contributed by atoms with E-state index in [9.17, 15) is 14.7 Å². The number of likely N-dealkylation sites (N-methyl/N-ethyl adjacent to an activating group) is 1. The summed E-state index contributed by atoms with van der Waals surface area (Å²) >= 11 is 0. The molecule has 0 aromatic carbocycles. The number of hydrogen-bond donors (Lipinski definition) is 3. The lowest BCUT2D eigenvalue weighted by atomic mass is 10.1. The minimum atomic E-state index is -1.11. The Hall–Kier alpha value is -1.40. The Morgan fingerprint density at radius 2 is 1.46 bits per heavy atom. The number of rotatable bonds is 17. The molecule has 0 rings (SSSR count). The maximum absolute atomic E-state index is 11.1. The van der Waals surface area contributed by atoms with Crippen molar-refractivity contribution in [2.45, 2.75) is 83.3 Å². The van der Waals surface area contributed by atoms with Gasteiger partial charge >= 0.3 is 5.97 Å². The first-order chi connectivity index (χ1) is 12.6. The molecular weight excluding hydrogens is 332 g/mol. The third kappa shape index (κ3) is 16.1. The molecule has 0 aromatic heterocycles. The van der Waals surface area contributed by atoms with Gasteiger partial charge in [-0.1, -0.05) is 44.3 Å². The molecule has 0 radical (unpaired) electrons. The fourth-order valence-corrected chi connectivity index (χ4v) is 2.61. The molecule has 0 aliphatic heterocycles. The molecule has 0 aliphatic rings. The second-order valence-corrected chi connectivity index (χ2v) is 6.53. The molecule has 26 heavy (non-hydrogen) atoms. The van der Waals surface area contributed by atoms with E-state index in [-0.39, 0.29) is 5.97 Å². The van der Waals surface area contributed by atoms with Gasteiger partial charge in [-0.05, 0) is 45.1 Å². The first-order valence-electron chi connectivity index (χ1n) is 9.96. The molecule has 0 bridgehead atoms. The molecule has 0 saturated carbocycles. The van der Waals surface area contributed by atoms with Crippen LogP contribution in [0.25, 0.3) is 0 Å². The van der Waals surface area contributed by atoms with E-state index in [0.29, 0.717) is 13.0 Å². The zero-order valence-corrected chi connectivity index (χ0v) is 16.6. The number of nitrogens with one attached hydrogen (secondary N) is 2. The zero-order valence-electron chi connectivity index (χ0n) is 16.6. The summed E-state index contributed by atoms with van der Waals surface area (Å²) in [6.45, 7) is 0.641. The van der Waals surface area contributed by atoms with Gasteiger partial charge in [-0.3, -0.25) is 14.9 Å². The summed E-state index contributed by atoms with van der Waals surface area (Å²) < 4.78 is 4.62. The van der Waals surface area contributed by atoms with Crippen LogP contribution in [-0.2, 0) is 14.3 Å². The maximum atomic E-state index is 11.1. The van der Waals surface area contributed by atoms with E-state index in [2.05, 4.69) is 27.5 Å². The topological polar surface area (TPSA) is 87.7 Å². The van der Waals surface area contributed by atoms with Crippen LogP contribution >= 0.6 is 0 Å². The quantitative estimate of drug-likeness (QED) is 0.158. The van der Waals surface area contributed by atoms with Crippen LogP contribution in [0.15, 0.2) is 12.2 Å². The highest BCUT2D eigenvalue weighted by atomic mass is 16.5. The fraction of sp³-hybridized carbons (Fsp3) is 0.800. The van der Waals surface area contributed by atoms with Gasteiger partial charge in [-0.25, -0.2) is 0 Å². The lowest BCUT2D eigenvalue weighted by molar-refractivity contribution is -0.140. The Morgan fingerprint density at radius 3 is 2.04 bits per heavy atom. The van der Waals surface area contributed by atoms with Crippen molar-refractivity contribution in [3.63, 3.8) is 0 Å². The van der Waals surface area contributed by atoms with Crippen LogP contribution in [0.1, 0.15) is 77.0 Å². The van der Waals surface area contributed by atoms with Gasteiger partial charge in [0.1, 0.15) is 0 Å². The van der Waals surface area contributed by atoms with Crippen molar-refractivity contribution in [2.75, 3.05) is 20.7 Å². The van der Waals surface area contributed by atoms with Gasteiger partial charge in [0, 0.05) is 13.5 Å². The Balaban J connectivity index is 3.24. The van der Waals surface area contributed by atoms with Crippen molar-refractivity contribution >= 4 is 11.9 Å². The summed E-state index contributed by atoms with van der Waals surface area (Å²) in [6, 6.07) is 0. The van der Waals surface area contributed by atoms with Crippen molar-refractivity contribution in [1.29, 1.82) is 0 Å². The molecule has 0 saturated heterocycles. The fourth-order valence-electron chi connectivity index (χ4n) is 2.61. The van der Waals surface area contributed by atoms with Crippen LogP contribution < -0.4 is 10.6 Å². The highest BCUT2D eigenvalue weighted by molar-refractivity contribution is 5.79. The normalized spacial score (nSPS) is 12.3. The SMILES string of the molecule is CNC(=O)C(O)NCCCC/C=C\CCCCCCCCCC(=O)OC.